The molecule has 13 heteroatoms. The SMILES string of the molecule is Nc1ccc(C(O)=N[N-]C(c2ccccn2)c2ccccn2)cc1.Nc1ccc(C(O)N[N-]C(c2ccccn2)c2ccccn2)cc1.[Fe+2]. The van der Waals surface area contributed by atoms with E-state index in [0.717, 1.165) is 11.4 Å². The van der Waals surface area contributed by atoms with Gasteiger partial charge in [0.15, 0.2) is 5.90 Å². The summed E-state index contributed by atoms with van der Waals surface area (Å²) in [5, 5.41) is 24.3. The Kier molecular flexibility index (Phi) is 13.7. The summed E-state index contributed by atoms with van der Waals surface area (Å²) in [5.41, 5.74) is 28.1. The first kappa shape index (κ1) is 36.2. The summed E-state index contributed by atoms with van der Waals surface area (Å²) < 4.78 is 0. The molecule has 1 unspecified atom stereocenters. The van der Waals surface area contributed by atoms with E-state index < -0.39 is 18.3 Å². The molecule has 6 rings (SSSR count). The number of hydrogen-bond donors (Lipinski definition) is 5. The topological polar surface area (TPSA) is 197 Å². The van der Waals surface area contributed by atoms with Gasteiger partial charge >= 0.3 is 17.1 Å². The van der Waals surface area contributed by atoms with E-state index in [1.54, 1.807) is 73.3 Å². The van der Waals surface area contributed by atoms with Crippen molar-refractivity contribution < 1.29 is 27.3 Å². The van der Waals surface area contributed by atoms with E-state index in [4.69, 9.17) is 11.5 Å². The van der Waals surface area contributed by atoms with Crippen LogP contribution in [0, 0.1) is 0 Å². The number of nitrogen functional groups attached to an aromatic ring is 2. The van der Waals surface area contributed by atoms with Crippen molar-refractivity contribution in [2.24, 2.45) is 5.10 Å². The van der Waals surface area contributed by atoms with E-state index in [1.165, 1.54) is 0 Å². The molecular formula is C36H34FeN10O2. The molecule has 0 radical (unpaired) electrons. The number of nitrogens with zero attached hydrogens (tertiary/aromatic N) is 7. The van der Waals surface area contributed by atoms with E-state index in [-0.39, 0.29) is 23.0 Å². The fourth-order valence-electron chi connectivity index (χ4n) is 4.40. The number of aliphatic hydroxyl groups is 2. The number of benzene rings is 2. The van der Waals surface area contributed by atoms with Crippen LogP contribution < -0.4 is 16.9 Å². The van der Waals surface area contributed by atoms with Crippen molar-refractivity contribution in [2.75, 3.05) is 11.5 Å². The number of aliphatic hydroxyl groups excluding tert-OH is 2. The van der Waals surface area contributed by atoms with Crippen LogP contribution >= 0.6 is 0 Å². The predicted molar refractivity (Wildman–Crippen MR) is 186 cm³/mol. The van der Waals surface area contributed by atoms with Crippen molar-refractivity contribution >= 4 is 17.3 Å². The molecule has 6 aromatic rings. The molecule has 0 saturated heterocycles. The first-order chi connectivity index (χ1) is 23.5. The van der Waals surface area contributed by atoms with Gasteiger partial charge in [-0.25, -0.2) is 0 Å². The van der Waals surface area contributed by atoms with E-state index in [1.807, 2.05) is 72.8 Å². The Bertz CT molecular complexity index is 1760. The van der Waals surface area contributed by atoms with Crippen molar-refractivity contribution in [3.63, 3.8) is 0 Å². The first-order valence-corrected chi connectivity index (χ1v) is 14.9. The average Bonchev–Trinajstić information content (AvgIpc) is 3.14. The number of pyridine rings is 4. The molecule has 1 atom stereocenters. The molecule has 4 heterocycles. The van der Waals surface area contributed by atoms with Gasteiger partial charge in [-0.05, 0) is 103 Å². The fourth-order valence-corrected chi connectivity index (χ4v) is 4.40. The molecule has 248 valence electrons. The molecule has 4 aromatic heterocycles. The smallest absolute Gasteiger partial charge is 0.587 e. The minimum absolute atomic E-state index is 0. The van der Waals surface area contributed by atoms with Crippen LogP contribution in [0.15, 0.2) is 151 Å². The van der Waals surface area contributed by atoms with Crippen LogP contribution in [0.5, 0.6) is 0 Å². The number of hydrogen-bond acceptors (Lipinski definition) is 9. The third kappa shape index (κ3) is 10.7. The molecule has 0 aliphatic carbocycles. The van der Waals surface area contributed by atoms with E-state index >= 15 is 0 Å². The van der Waals surface area contributed by atoms with Crippen LogP contribution in [-0.2, 0) is 17.1 Å². The molecule has 0 bridgehead atoms. The van der Waals surface area contributed by atoms with Crippen molar-refractivity contribution in [3.8, 4) is 0 Å². The normalized spacial score (nSPS) is 11.6. The second kappa shape index (κ2) is 18.6. The van der Waals surface area contributed by atoms with Crippen LogP contribution in [0.2, 0.25) is 0 Å². The summed E-state index contributed by atoms with van der Waals surface area (Å²) in [5.74, 6) is -0.188. The summed E-state index contributed by atoms with van der Waals surface area (Å²) >= 11 is 0. The summed E-state index contributed by atoms with van der Waals surface area (Å²) in [4.78, 5) is 17.3. The van der Waals surface area contributed by atoms with E-state index in [2.05, 4.69) is 41.3 Å². The molecule has 49 heavy (non-hydrogen) atoms. The zero-order chi connectivity index (χ0) is 33.6. The zero-order valence-electron chi connectivity index (χ0n) is 26.1. The van der Waals surface area contributed by atoms with Crippen molar-refractivity contribution in [3.05, 3.63) is 191 Å². The average molecular weight is 695 g/mol. The van der Waals surface area contributed by atoms with Gasteiger partial charge in [-0.3, -0.25) is 19.9 Å². The molecule has 0 fully saturated rings. The van der Waals surface area contributed by atoms with Crippen molar-refractivity contribution in [1.82, 2.24) is 25.4 Å². The van der Waals surface area contributed by atoms with Crippen LogP contribution in [0.1, 0.15) is 52.2 Å². The Morgan fingerprint density at radius 3 is 1.41 bits per heavy atom. The standard InChI is InChI=1S/C18H18N5O.C18H16N5O.Fe/c2*19-14-9-7-13(8-10-14)18(24)23-22-17(15-5-1-3-11-20-15)16-6-2-4-12-21-16;/h1-12,17-18,23-24H,19H2;1-12,17H,(H3,19,23,24);/q2*-1;+2. The summed E-state index contributed by atoms with van der Waals surface area (Å²) in [6.45, 7) is 0. The number of aromatic nitrogens is 4. The van der Waals surface area contributed by atoms with E-state index in [9.17, 15) is 10.2 Å². The Morgan fingerprint density at radius 2 is 1.00 bits per heavy atom. The Labute approximate surface area is 294 Å². The van der Waals surface area contributed by atoms with Crippen molar-refractivity contribution in [2.45, 2.75) is 18.3 Å². The zero-order valence-corrected chi connectivity index (χ0v) is 27.2. The third-order valence-corrected chi connectivity index (χ3v) is 6.89. The van der Waals surface area contributed by atoms with Gasteiger partial charge in [0.05, 0.1) is 0 Å². The van der Waals surface area contributed by atoms with Crippen LogP contribution in [0.3, 0.4) is 0 Å². The quantitative estimate of drug-likeness (QED) is 0.0264. The van der Waals surface area contributed by atoms with Crippen molar-refractivity contribution in [1.29, 1.82) is 0 Å². The van der Waals surface area contributed by atoms with Gasteiger partial charge in [0.2, 0.25) is 0 Å². The maximum Gasteiger partial charge on any atom is 2.00 e. The molecule has 7 N–H and O–H groups in total. The molecule has 0 aliphatic heterocycles. The Hall–Kier alpha value is -5.69. The van der Waals surface area contributed by atoms with Gasteiger partial charge in [0, 0.05) is 64.5 Å². The van der Waals surface area contributed by atoms with Gasteiger partial charge in [-0.15, -0.1) is 0 Å². The number of anilines is 2. The maximum absolute atomic E-state index is 10.3. The first-order valence-electron chi connectivity index (χ1n) is 14.9. The predicted octanol–water partition coefficient (Wildman–Crippen LogP) is 6.16. The molecule has 12 nitrogen and oxygen atoms in total. The molecule has 0 amide bonds. The maximum atomic E-state index is 10.3. The molecule has 0 saturated carbocycles. The van der Waals surface area contributed by atoms with E-state index in [0.29, 0.717) is 33.9 Å². The fraction of sp³-hybridized carbons (Fsp3) is 0.0833. The second-order valence-electron chi connectivity index (χ2n) is 10.3. The largest absolute Gasteiger partial charge is 2.00 e. The van der Waals surface area contributed by atoms with Gasteiger partial charge in [0.25, 0.3) is 0 Å². The molecule has 0 aliphatic rings. The monoisotopic (exact) mass is 694 g/mol. The second-order valence-corrected chi connectivity index (χ2v) is 10.3. The third-order valence-electron chi connectivity index (χ3n) is 6.89. The van der Waals surface area contributed by atoms with Gasteiger partial charge in [-0.1, -0.05) is 36.4 Å². The Balaban J connectivity index is 0.000000216. The van der Waals surface area contributed by atoms with Gasteiger partial charge < -0.3 is 43.1 Å². The summed E-state index contributed by atoms with van der Waals surface area (Å²) in [6, 6.07) is 35.1. The van der Waals surface area contributed by atoms with Gasteiger partial charge in [-0.2, -0.15) is 0 Å². The molecule has 2 aromatic carbocycles. The number of nitrogens with one attached hydrogen (secondary N) is 1. The Morgan fingerprint density at radius 1 is 0.592 bits per heavy atom. The number of rotatable bonds is 11. The molecular weight excluding hydrogens is 660 g/mol. The summed E-state index contributed by atoms with van der Waals surface area (Å²) in [7, 11) is 0. The minimum atomic E-state index is -0.944. The van der Waals surface area contributed by atoms with Crippen LogP contribution in [0.25, 0.3) is 10.9 Å². The summed E-state index contributed by atoms with van der Waals surface area (Å²) in [6.07, 6.45) is 5.84. The number of nitrogens with two attached hydrogens (primary N) is 2. The molecule has 0 spiro atoms. The van der Waals surface area contributed by atoms with Crippen LogP contribution in [-0.4, -0.2) is 36.0 Å². The van der Waals surface area contributed by atoms with Crippen LogP contribution in [0.4, 0.5) is 11.4 Å². The minimum Gasteiger partial charge on any atom is -0.587 e. The van der Waals surface area contributed by atoms with Gasteiger partial charge in [0.1, 0.15) is 6.23 Å².